The second-order valence-electron chi connectivity index (χ2n) is 4.22. The zero-order chi connectivity index (χ0) is 12.5. The molecule has 90 valence electrons. The van der Waals surface area contributed by atoms with Crippen molar-refractivity contribution >= 4 is 17.2 Å². The van der Waals surface area contributed by atoms with E-state index < -0.39 is 0 Å². The first-order valence-corrected chi connectivity index (χ1v) is 6.28. The van der Waals surface area contributed by atoms with Gasteiger partial charge in [-0.25, -0.2) is 9.50 Å². The highest BCUT2D eigenvalue weighted by atomic mass is 35.5. The largest absolute Gasteiger partial charge is 0.237 e. The van der Waals surface area contributed by atoms with Crippen molar-refractivity contribution in [2.45, 2.75) is 12.8 Å². The second-order valence-corrected chi connectivity index (χ2v) is 4.49. The molecule has 0 atom stereocenters. The van der Waals surface area contributed by atoms with Gasteiger partial charge in [-0.15, -0.1) is 11.6 Å². The van der Waals surface area contributed by atoms with E-state index in [0.29, 0.717) is 5.88 Å². The predicted molar refractivity (Wildman–Crippen MR) is 72.7 cm³/mol. The Balaban J connectivity index is 2.28. The van der Waals surface area contributed by atoms with Gasteiger partial charge in [-0.1, -0.05) is 23.8 Å². The van der Waals surface area contributed by atoms with E-state index >= 15 is 0 Å². The van der Waals surface area contributed by atoms with Crippen LogP contribution in [0.25, 0.3) is 16.9 Å². The molecular weight excluding hydrogens is 246 g/mol. The summed E-state index contributed by atoms with van der Waals surface area (Å²) in [5.74, 6) is 0.407. The molecule has 2 aromatic heterocycles. The van der Waals surface area contributed by atoms with Crippen molar-refractivity contribution in [2.75, 3.05) is 0 Å². The predicted octanol–water partition coefficient (Wildman–Crippen LogP) is 3.44. The zero-order valence-corrected chi connectivity index (χ0v) is 10.7. The number of hydrogen-bond donors (Lipinski definition) is 0. The van der Waals surface area contributed by atoms with E-state index in [1.807, 2.05) is 24.4 Å². The molecule has 1 aromatic carbocycles. The topological polar surface area (TPSA) is 30.2 Å². The lowest BCUT2D eigenvalue weighted by Crippen LogP contribution is -1.87. The van der Waals surface area contributed by atoms with E-state index in [9.17, 15) is 0 Å². The van der Waals surface area contributed by atoms with Crippen molar-refractivity contribution in [3.63, 3.8) is 0 Å². The average Bonchev–Trinajstić information content (AvgIpc) is 2.77. The molecule has 2 heterocycles. The monoisotopic (exact) mass is 257 g/mol. The van der Waals surface area contributed by atoms with Gasteiger partial charge in [0, 0.05) is 23.5 Å². The Labute approximate surface area is 110 Å². The lowest BCUT2D eigenvalue weighted by Gasteiger charge is -2.00. The van der Waals surface area contributed by atoms with Gasteiger partial charge in [-0.3, -0.25) is 0 Å². The standard InChI is InChI=1S/C14H12ClN3/c1-10-4-2-5-11(8-10)13-12(9-15)14-16-6-3-7-18(14)17-13/h2-8H,9H2,1H3. The molecule has 3 nitrogen and oxygen atoms in total. The Hall–Kier alpha value is -1.87. The van der Waals surface area contributed by atoms with Gasteiger partial charge in [-0.05, 0) is 19.1 Å². The first kappa shape index (κ1) is 11.2. The van der Waals surface area contributed by atoms with Crippen LogP contribution in [0.5, 0.6) is 0 Å². The van der Waals surface area contributed by atoms with Crippen LogP contribution in [0.4, 0.5) is 0 Å². The number of fused-ring (bicyclic) bond motifs is 1. The lowest BCUT2D eigenvalue weighted by atomic mass is 10.1. The van der Waals surface area contributed by atoms with Gasteiger partial charge >= 0.3 is 0 Å². The zero-order valence-electron chi connectivity index (χ0n) is 9.97. The van der Waals surface area contributed by atoms with Gasteiger partial charge in [0.1, 0.15) is 0 Å². The maximum absolute atomic E-state index is 6.05. The molecule has 0 aliphatic heterocycles. The van der Waals surface area contributed by atoms with Crippen LogP contribution in [0.3, 0.4) is 0 Å². The molecule has 3 aromatic rings. The third kappa shape index (κ3) is 1.77. The van der Waals surface area contributed by atoms with Crippen molar-refractivity contribution in [3.05, 3.63) is 53.9 Å². The van der Waals surface area contributed by atoms with Gasteiger partial charge in [-0.2, -0.15) is 5.10 Å². The fourth-order valence-electron chi connectivity index (χ4n) is 2.08. The van der Waals surface area contributed by atoms with Crippen molar-refractivity contribution in [2.24, 2.45) is 0 Å². The second kappa shape index (κ2) is 4.42. The Morgan fingerprint density at radius 3 is 2.94 bits per heavy atom. The molecule has 0 bridgehead atoms. The first-order valence-electron chi connectivity index (χ1n) is 5.75. The number of hydrogen-bond acceptors (Lipinski definition) is 2. The summed E-state index contributed by atoms with van der Waals surface area (Å²) in [5, 5.41) is 4.56. The highest BCUT2D eigenvalue weighted by molar-refractivity contribution is 6.18. The highest BCUT2D eigenvalue weighted by Crippen LogP contribution is 2.26. The fraction of sp³-hybridized carbons (Fsp3) is 0.143. The maximum atomic E-state index is 6.05. The van der Waals surface area contributed by atoms with Crippen LogP contribution in [0.2, 0.25) is 0 Å². The van der Waals surface area contributed by atoms with E-state index in [1.165, 1.54) is 5.56 Å². The summed E-state index contributed by atoms with van der Waals surface area (Å²) in [5.41, 5.74) is 4.99. The minimum atomic E-state index is 0.407. The number of aryl methyl sites for hydroxylation is 1. The third-order valence-electron chi connectivity index (χ3n) is 2.92. The van der Waals surface area contributed by atoms with E-state index in [-0.39, 0.29) is 0 Å². The summed E-state index contributed by atoms with van der Waals surface area (Å²) in [6.07, 6.45) is 3.64. The number of nitrogens with zero attached hydrogens (tertiary/aromatic N) is 3. The molecule has 4 heteroatoms. The summed E-state index contributed by atoms with van der Waals surface area (Å²) < 4.78 is 1.77. The molecule has 0 fully saturated rings. The van der Waals surface area contributed by atoms with Crippen LogP contribution in [-0.2, 0) is 5.88 Å². The van der Waals surface area contributed by atoms with Crippen LogP contribution >= 0.6 is 11.6 Å². The summed E-state index contributed by atoms with van der Waals surface area (Å²) in [6.45, 7) is 2.07. The summed E-state index contributed by atoms with van der Waals surface area (Å²) in [7, 11) is 0. The van der Waals surface area contributed by atoms with Gasteiger partial charge in [0.05, 0.1) is 11.6 Å². The SMILES string of the molecule is Cc1cccc(-c2nn3cccnc3c2CCl)c1. The minimum absolute atomic E-state index is 0.407. The van der Waals surface area contributed by atoms with E-state index in [2.05, 4.69) is 29.1 Å². The van der Waals surface area contributed by atoms with Crippen molar-refractivity contribution in [3.8, 4) is 11.3 Å². The van der Waals surface area contributed by atoms with Gasteiger partial charge in [0.15, 0.2) is 5.65 Å². The molecule has 0 saturated carbocycles. The molecule has 0 spiro atoms. The average molecular weight is 258 g/mol. The Bertz CT molecular complexity index is 703. The highest BCUT2D eigenvalue weighted by Gasteiger charge is 2.14. The Kier molecular flexibility index (Phi) is 2.76. The molecule has 0 unspecified atom stereocenters. The smallest absolute Gasteiger partial charge is 0.159 e. The fourth-order valence-corrected chi connectivity index (χ4v) is 2.33. The number of benzene rings is 1. The molecule has 18 heavy (non-hydrogen) atoms. The maximum Gasteiger partial charge on any atom is 0.159 e. The first-order chi connectivity index (χ1) is 8.79. The molecule has 0 N–H and O–H groups in total. The number of halogens is 1. The molecule has 0 amide bonds. The van der Waals surface area contributed by atoms with E-state index in [4.69, 9.17) is 11.6 Å². The third-order valence-corrected chi connectivity index (χ3v) is 3.18. The lowest BCUT2D eigenvalue weighted by molar-refractivity contribution is 0.943. The summed E-state index contributed by atoms with van der Waals surface area (Å²) >= 11 is 6.05. The number of alkyl halides is 1. The van der Waals surface area contributed by atoms with Crippen LogP contribution < -0.4 is 0 Å². The Morgan fingerprint density at radius 2 is 2.17 bits per heavy atom. The number of rotatable bonds is 2. The Morgan fingerprint density at radius 1 is 1.28 bits per heavy atom. The molecule has 0 aliphatic carbocycles. The molecule has 0 aliphatic rings. The van der Waals surface area contributed by atoms with Crippen LogP contribution in [0.1, 0.15) is 11.1 Å². The molecule has 3 rings (SSSR count). The van der Waals surface area contributed by atoms with Crippen molar-refractivity contribution in [1.29, 1.82) is 0 Å². The van der Waals surface area contributed by atoms with Gasteiger partial charge < -0.3 is 0 Å². The molecule has 0 saturated heterocycles. The molecule has 0 radical (unpaired) electrons. The molecular formula is C14H12ClN3. The van der Waals surface area contributed by atoms with Crippen molar-refractivity contribution < 1.29 is 0 Å². The quantitative estimate of drug-likeness (QED) is 0.659. The van der Waals surface area contributed by atoms with Crippen molar-refractivity contribution in [1.82, 2.24) is 14.6 Å². The number of aromatic nitrogens is 3. The van der Waals surface area contributed by atoms with E-state index in [1.54, 1.807) is 10.7 Å². The van der Waals surface area contributed by atoms with Crippen LogP contribution in [0, 0.1) is 6.92 Å². The van der Waals surface area contributed by atoms with Crippen LogP contribution in [0.15, 0.2) is 42.7 Å². The van der Waals surface area contributed by atoms with E-state index in [0.717, 1.165) is 22.5 Å². The summed E-state index contributed by atoms with van der Waals surface area (Å²) in [6, 6.07) is 10.1. The normalized spacial score (nSPS) is 11.0. The minimum Gasteiger partial charge on any atom is -0.237 e. The van der Waals surface area contributed by atoms with Gasteiger partial charge in [0.2, 0.25) is 0 Å². The van der Waals surface area contributed by atoms with Gasteiger partial charge in [0.25, 0.3) is 0 Å². The van der Waals surface area contributed by atoms with Crippen LogP contribution in [-0.4, -0.2) is 14.6 Å². The summed E-state index contributed by atoms with van der Waals surface area (Å²) in [4.78, 5) is 4.34.